The van der Waals surface area contributed by atoms with Gasteiger partial charge in [-0.05, 0) is 48.7 Å². The number of pyridine rings is 1. The average molecular weight is 332 g/mol. The number of benzene rings is 2. The molecular weight excluding hydrogens is 308 g/mol. The fourth-order valence-corrected chi connectivity index (χ4v) is 2.66. The lowest BCUT2D eigenvalue weighted by molar-refractivity contribution is 0.306. The molecule has 0 atom stereocenters. The van der Waals surface area contributed by atoms with E-state index in [4.69, 9.17) is 4.74 Å². The molecule has 128 valence electrons. The average Bonchev–Trinajstić information content (AvgIpc) is 2.69. The molecule has 0 amide bonds. The van der Waals surface area contributed by atoms with Gasteiger partial charge in [-0.1, -0.05) is 48.5 Å². The summed E-state index contributed by atoms with van der Waals surface area (Å²) < 4.78 is 5.70. The van der Waals surface area contributed by atoms with Crippen LogP contribution in [0.5, 0.6) is 5.75 Å². The molecule has 0 aliphatic rings. The van der Waals surface area contributed by atoms with Gasteiger partial charge in [0, 0.05) is 24.5 Å². The first-order valence-corrected chi connectivity index (χ1v) is 8.80. The van der Waals surface area contributed by atoms with E-state index in [-0.39, 0.29) is 0 Å². The number of unbranched alkanes of at least 4 members (excludes halogenated alkanes) is 1. The number of ether oxygens (including phenoxy) is 1. The third-order valence-corrected chi connectivity index (χ3v) is 3.99. The van der Waals surface area contributed by atoms with Crippen molar-refractivity contribution in [2.24, 2.45) is 0 Å². The van der Waals surface area contributed by atoms with E-state index in [9.17, 15) is 0 Å². The van der Waals surface area contributed by atoms with Crippen LogP contribution in [0.1, 0.15) is 18.4 Å². The fraction of sp³-hybridized carbons (Fsp3) is 0.227. The maximum atomic E-state index is 5.70. The van der Waals surface area contributed by atoms with E-state index < -0.39 is 0 Å². The number of para-hydroxylation sites is 1. The van der Waals surface area contributed by atoms with Gasteiger partial charge in [0.15, 0.2) is 0 Å². The molecule has 1 heterocycles. The Bertz CT molecular complexity index is 744. The summed E-state index contributed by atoms with van der Waals surface area (Å²) in [6, 6.07) is 22.5. The zero-order chi connectivity index (χ0) is 17.2. The van der Waals surface area contributed by atoms with Crippen molar-refractivity contribution in [2.45, 2.75) is 19.4 Å². The number of aromatic nitrogens is 1. The van der Waals surface area contributed by atoms with E-state index >= 15 is 0 Å². The Morgan fingerprint density at radius 3 is 2.36 bits per heavy atom. The highest BCUT2D eigenvalue weighted by molar-refractivity contribution is 5.62. The Morgan fingerprint density at radius 1 is 0.800 bits per heavy atom. The molecule has 25 heavy (non-hydrogen) atoms. The van der Waals surface area contributed by atoms with E-state index in [1.807, 2.05) is 48.8 Å². The lowest BCUT2D eigenvalue weighted by Gasteiger charge is -2.08. The molecule has 0 unspecified atom stereocenters. The van der Waals surface area contributed by atoms with E-state index in [1.165, 1.54) is 11.1 Å². The van der Waals surface area contributed by atoms with E-state index in [0.29, 0.717) is 0 Å². The van der Waals surface area contributed by atoms with Crippen LogP contribution in [-0.4, -0.2) is 18.1 Å². The van der Waals surface area contributed by atoms with Gasteiger partial charge in [-0.25, -0.2) is 0 Å². The number of nitrogens with one attached hydrogen (secondary N) is 1. The largest absolute Gasteiger partial charge is 0.494 e. The summed E-state index contributed by atoms with van der Waals surface area (Å²) in [5.41, 5.74) is 3.58. The van der Waals surface area contributed by atoms with Gasteiger partial charge in [-0.15, -0.1) is 0 Å². The summed E-state index contributed by atoms with van der Waals surface area (Å²) in [4.78, 5) is 4.36. The topological polar surface area (TPSA) is 34.1 Å². The van der Waals surface area contributed by atoms with Crippen molar-refractivity contribution in [1.82, 2.24) is 10.3 Å². The molecule has 3 nitrogen and oxygen atoms in total. The molecule has 0 bridgehead atoms. The van der Waals surface area contributed by atoms with Crippen molar-refractivity contribution in [3.8, 4) is 16.9 Å². The second-order valence-electron chi connectivity index (χ2n) is 5.99. The van der Waals surface area contributed by atoms with Crippen LogP contribution in [0.3, 0.4) is 0 Å². The van der Waals surface area contributed by atoms with Crippen molar-refractivity contribution < 1.29 is 4.74 Å². The number of hydrogen-bond donors (Lipinski definition) is 1. The highest BCUT2D eigenvalue weighted by atomic mass is 16.5. The van der Waals surface area contributed by atoms with Gasteiger partial charge in [-0.3, -0.25) is 4.98 Å². The van der Waals surface area contributed by atoms with Crippen molar-refractivity contribution in [3.63, 3.8) is 0 Å². The van der Waals surface area contributed by atoms with Gasteiger partial charge < -0.3 is 10.1 Å². The van der Waals surface area contributed by atoms with Gasteiger partial charge >= 0.3 is 0 Å². The maximum Gasteiger partial charge on any atom is 0.119 e. The first kappa shape index (κ1) is 17.2. The summed E-state index contributed by atoms with van der Waals surface area (Å²) in [6.45, 7) is 2.58. The van der Waals surface area contributed by atoms with Crippen LogP contribution >= 0.6 is 0 Å². The summed E-state index contributed by atoms with van der Waals surface area (Å²) >= 11 is 0. The van der Waals surface area contributed by atoms with Crippen molar-refractivity contribution in [3.05, 3.63) is 84.7 Å². The van der Waals surface area contributed by atoms with Crippen molar-refractivity contribution >= 4 is 0 Å². The van der Waals surface area contributed by atoms with Crippen LogP contribution < -0.4 is 10.1 Å². The summed E-state index contributed by atoms with van der Waals surface area (Å²) in [5, 5.41) is 3.48. The zero-order valence-electron chi connectivity index (χ0n) is 14.4. The molecule has 1 N–H and O–H groups in total. The Balaban J connectivity index is 1.35. The molecule has 0 aliphatic carbocycles. The third-order valence-electron chi connectivity index (χ3n) is 3.99. The minimum atomic E-state index is 0.761. The molecule has 0 spiro atoms. The Hall–Kier alpha value is -2.65. The molecule has 0 saturated heterocycles. The van der Waals surface area contributed by atoms with Crippen LogP contribution in [0.25, 0.3) is 11.1 Å². The predicted molar refractivity (Wildman–Crippen MR) is 103 cm³/mol. The van der Waals surface area contributed by atoms with E-state index in [2.05, 4.69) is 40.6 Å². The van der Waals surface area contributed by atoms with Gasteiger partial charge in [-0.2, -0.15) is 0 Å². The first-order chi connectivity index (χ1) is 12.4. The normalized spacial score (nSPS) is 10.6. The first-order valence-electron chi connectivity index (χ1n) is 8.80. The Morgan fingerprint density at radius 2 is 1.56 bits per heavy atom. The van der Waals surface area contributed by atoms with E-state index in [1.54, 1.807) is 0 Å². The fourth-order valence-electron chi connectivity index (χ4n) is 2.66. The van der Waals surface area contributed by atoms with Crippen LogP contribution in [0.4, 0.5) is 0 Å². The molecule has 0 aliphatic heterocycles. The van der Waals surface area contributed by atoms with Gasteiger partial charge in [0.25, 0.3) is 0 Å². The molecular formula is C22H24N2O. The summed E-state index contributed by atoms with van der Waals surface area (Å²) in [5.74, 6) is 0.944. The van der Waals surface area contributed by atoms with Gasteiger partial charge in [0.05, 0.1) is 6.61 Å². The van der Waals surface area contributed by atoms with Crippen molar-refractivity contribution in [2.75, 3.05) is 13.2 Å². The molecule has 0 fully saturated rings. The SMILES string of the molecule is c1ccc(OCCCCNCc2cncc(-c3ccccc3)c2)cc1. The second kappa shape index (κ2) is 9.60. The van der Waals surface area contributed by atoms with Crippen LogP contribution in [-0.2, 0) is 6.54 Å². The number of nitrogens with zero attached hydrogens (tertiary/aromatic N) is 1. The highest BCUT2D eigenvalue weighted by Gasteiger charge is 2.00. The smallest absolute Gasteiger partial charge is 0.119 e. The Kier molecular flexibility index (Phi) is 6.60. The predicted octanol–water partition coefficient (Wildman–Crippen LogP) is 4.70. The standard InChI is InChI=1S/C22H24N2O/c1-3-9-20(10-4-1)21-15-19(17-24-18-21)16-23-13-7-8-14-25-22-11-5-2-6-12-22/h1-6,9-12,15,17-18,23H,7-8,13-14,16H2. The van der Waals surface area contributed by atoms with Crippen molar-refractivity contribution in [1.29, 1.82) is 0 Å². The van der Waals surface area contributed by atoms with Crippen LogP contribution in [0, 0.1) is 0 Å². The zero-order valence-corrected chi connectivity index (χ0v) is 14.4. The number of rotatable bonds is 9. The minimum Gasteiger partial charge on any atom is -0.494 e. The molecule has 3 rings (SSSR count). The molecule has 1 aromatic heterocycles. The molecule has 2 aromatic carbocycles. The second-order valence-corrected chi connectivity index (χ2v) is 5.99. The summed E-state index contributed by atoms with van der Waals surface area (Å²) in [6.07, 6.45) is 5.99. The Labute approximate surface area is 149 Å². The lowest BCUT2D eigenvalue weighted by atomic mass is 10.1. The van der Waals surface area contributed by atoms with Crippen LogP contribution in [0.15, 0.2) is 79.1 Å². The van der Waals surface area contributed by atoms with E-state index in [0.717, 1.165) is 43.9 Å². The van der Waals surface area contributed by atoms with Crippen LogP contribution in [0.2, 0.25) is 0 Å². The minimum absolute atomic E-state index is 0.761. The summed E-state index contributed by atoms with van der Waals surface area (Å²) in [7, 11) is 0. The molecule has 0 radical (unpaired) electrons. The molecule has 3 aromatic rings. The highest BCUT2D eigenvalue weighted by Crippen LogP contribution is 2.18. The third kappa shape index (κ3) is 5.73. The van der Waals surface area contributed by atoms with Gasteiger partial charge in [0.2, 0.25) is 0 Å². The quantitative estimate of drug-likeness (QED) is 0.577. The monoisotopic (exact) mass is 332 g/mol. The molecule has 0 saturated carbocycles. The maximum absolute atomic E-state index is 5.70. The lowest BCUT2D eigenvalue weighted by Crippen LogP contribution is -2.15. The van der Waals surface area contributed by atoms with Gasteiger partial charge in [0.1, 0.15) is 5.75 Å². The number of hydrogen-bond acceptors (Lipinski definition) is 3. The molecule has 3 heteroatoms.